The lowest BCUT2D eigenvalue weighted by molar-refractivity contribution is 1.20. The number of rotatable bonds is 6. The van der Waals surface area contributed by atoms with Gasteiger partial charge in [0.15, 0.2) is 0 Å². The molecule has 4 aromatic heterocycles. The molecule has 4 heterocycles. The Hall–Kier alpha value is -16.1. The predicted octanol–water partition coefficient (Wildman–Crippen LogP) is 32.3. The third-order valence-corrected chi connectivity index (χ3v) is 27.0. The second kappa shape index (κ2) is 25.7. The summed E-state index contributed by atoms with van der Waals surface area (Å²) in [6.45, 7) is 0. The van der Waals surface area contributed by atoms with E-state index in [0.717, 1.165) is 0 Å². The summed E-state index contributed by atoms with van der Waals surface area (Å²) in [6.07, 6.45) is 0. The highest BCUT2D eigenvalue weighted by atomic mass is 15.0. The van der Waals surface area contributed by atoms with Crippen molar-refractivity contribution in [1.82, 2.24) is 18.3 Å². The van der Waals surface area contributed by atoms with Gasteiger partial charge in [0.25, 0.3) is 0 Å². The highest BCUT2D eigenvalue weighted by Gasteiger charge is 2.27. The second-order valence-electron chi connectivity index (χ2n) is 33.2. The number of fused-ring (bicyclic) bond motifs is 31. The standard InChI is InChI=1S/C62H36N2.C56H34N2/c1-4-18-43-39(14-1)40-15-5-7-22-47(40)62-49-23-8-6-19-44(49)60(36-54(43)62)64-56-27-12-10-21-46(56)53-35-38(29-32-59(53)64)37-28-31-58-52(34-37)45-20-9-11-26-55(45)63(58)57-33-30-50-42-17-3-2-16-41(42)48-24-13-25-51(57)61(48)50;1-4-16-41-35(13-1)25-26-39-34-55(44-19-7-8-22-47(44)56(39)41)58-51-24-12-10-21-46(51)49-32-37(28-30-53(49)58)36-27-29-52-48(31-36)45-20-9-11-23-50(45)57(52)54-33-38-14-2-3-15-40(38)42-17-5-6-18-43(42)54/h1-36H;1-34H. The van der Waals surface area contributed by atoms with Crippen LogP contribution in [0.5, 0.6) is 0 Å². The van der Waals surface area contributed by atoms with Gasteiger partial charge in [-0.25, -0.2) is 0 Å². The van der Waals surface area contributed by atoms with Crippen LogP contribution in [0.2, 0.25) is 0 Å². The molecule has 0 radical (unpaired) electrons. The Labute approximate surface area is 700 Å². The molecule has 0 saturated carbocycles. The van der Waals surface area contributed by atoms with Gasteiger partial charge in [0.1, 0.15) is 0 Å². The van der Waals surface area contributed by atoms with Gasteiger partial charge in [-0.05, 0) is 228 Å². The Kier molecular flexibility index (Phi) is 14.1. The molecule has 562 valence electrons. The maximum atomic E-state index is 2.51. The van der Waals surface area contributed by atoms with Crippen LogP contribution in [0.1, 0.15) is 0 Å². The number of hydrogen-bond acceptors (Lipinski definition) is 0. The van der Waals surface area contributed by atoms with Crippen LogP contribution in [0, 0.1) is 0 Å². The van der Waals surface area contributed by atoms with Crippen molar-refractivity contribution in [2.24, 2.45) is 0 Å². The average molecular weight is 1540 g/mol. The fourth-order valence-electron chi connectivity index (χ4n) is 21.8. The molecular formula is C118H70N4. The third-order valence-electron chi connectivity index (χ3n) is 27.0. The van der Waals surface area contributed by atoms with Gasteiger partial charge in [-0.15, -0.1) is 0 Å². The van der Waals surface area contributed by atoms with Gasteiger partial charge in [0, 0.05) is 64.6 Å². The first-order valence-electron chi connectivity index (χ1n) is 42.4. The molecule has 0 unspecified atom stereocenters. The monoisotopic (exact) mass is 1540 g/mol. The molecule has 0 N–H and O–H groups in total. The zero-order valence-corrected chi connectivity index (χ0v) is 66.2. The highest BCUT2D eigenvalue weighted by Crippen LogP contribution is 2.52. The zero-order valence-electron chi connectivity index (χ0n) is 66.2. The van der Waals surface area contributed by atoms with Gasteiger partial charge in [0.05, 0.1) is 66.9 Å². The van der Waals surface area contributed by atoms with Gasteiger partial charge in [-0.3, -0.25) is 0 Å². The summed E-state index contributed by atoms with van der Waals surface area (Å²) >= 11 is 0. The van der Waals surface area contributed by atoms with Crippen molar-refractivity contribution < 1.29 is 0 Å². The Morgan fingerprint density at radius 2 is 0.410 bits per heavy atom. The molecule has 4 heteroatoms. The minimum absolute atomic E-state index is 1.20. The van der Waals surface area contributed by atoms with Crippen LogP contribution in [-0.4, -0.2) is 18.3 Å². The summed E-state index contributed by atoms with van der Waals surface area (Å²) in [4.78, 5) is 0. The van der Waals surface area contributed by atoms with Crippen LogP contribution in [0.15, 0.2) is 425 Å². The predicted molar refractivity (Wildman–Crippen MR) is 521 cm³/mol. The lowest BCUT2D eigenvalue weighted by atomic mass is 9.90. The SMILES string of the molecule is c1ccc2c(c1)-c1cccc3c(-n4c5ccccc5c5cc(-c6ccc7c(c6)c6ccccc6n7-c6cc7c8ccccc8c8ccccc8c7c7ccccc67)ccc54)ccc-2c13.c1ccc2c(c1)cc(-n1c3ccccc3c3cc(-c4ccc5c(c4)c4ccccc4n5-c4cc5ccc6ccccc6c5c5ccccc45)ccc31)c1ccccc12. The first-order chi connectivity index (χ1) is 60.6. The summed E-state index contributed by atoms with van der Waals surface area (Å²) in [7, 11) is 0. The summed E-state index contributed by atoms with van der Waals surface area (Å²) in [5.74, 6) is 0. The van der Waals surface area contributed by atoms with Crippen LogP contribution < -0.4 is 0 Å². The van der Waals surface area contributed by atoms with Crippen LogP contribution in [0.3, 0.4) is 0 Å². The minimum Gasteiger partial charge on any atom is -0.309 e. The fourth-order valence-corrected chi connectivity index (χ4v) is 21.8. The maximum absolute atomic E-state index is 2.51. The van der Waals surface area contributed by atoms with Gasteiger partial charge >= 0.3 is 0 Å². The van der Waals surface area contributed by atoms with Crippen molar-refractivity contribution in [3.63, 3.8) is 0 Å². The van der Waals surface area contributed by atoms with E-state index >= 15 is 0 Å². The lowest BCUT2D eigenvalue weighted by Crippen LogP contribution is -1.97. The highest BCUT2D eigenvalue weighted by molar-refractivity contribution is 6.33. The number of para-hydroxylation sites is 4. The van der Waals surface area contributed by atoms with E-state index in [2.05, 4.69) is 443 Å². The van der Waals surface area contributed by atoms with E-state index in [1.165, 1.54) is 262 Å². The molecule has 4 nitrogen and oxygen atoms in total. The smallest absolute Gasteiger partial charge is 0.0547 e. The zero-order chi connectivity index (χ0) is 79.5. The molecule has 0 amide bonds. The van der Waals surface area contributed by atoms with Crippen molar-refractivity contribution in [1.29, 1.82) is 0 Å². The van der Waals surface area contributed by atoms with Crippen LogP contribution >= 0.6 is 0 Å². The molecule has 122 heavy (non-hydrogen) atoms. The molecule has 28 rings (SSSR count). The van der Waals surface area contributed by atoms with E-state index in [4.69, 9.17) is 0 Å². The second-order valence-corrected chi connectivity index (χ2v) is 33.2. The first-order valence-corrected chi connectivity index (χ1v) is 42.4. The maximum Gasteiger partial charge on any atom is 0.0547 e. The van der Waals surface area contributed by atoms with E-state index < -0.39 is 0 Å². The summed E-state index contributed by atoms with van der Waals surface area (Å²) in [5.41, 5.74) is 24.6. The van der Waals surface area contributed by atoms with Crippen molar-refractivity contribution in [2.45, 2.75) is 0 Å². The van der Waals surface area contributed by atoms with E-state index in [1.807, 2.05) is 0 Å². The average Bonchev–Trinajstić information content (AvgIpc) is 1.01. The van der Waals surface area contributed by atoms with Gasteiger partial charge in [-0.1, -0.05) is 328 Å². The number of aromatic nitrogens is 4. The van der Waals surface area contributed by atoms with Gasteiger partial charge in [-0.2, -0.15) is 0 Å². The molecule has 1 aliphatic rings. The van der Waals surface area contributed by atoms with Crippen molar-refractivity contribution >= 4 is 195 Å². The van der Waals surface area contributed by atoms with Gasteiger partial charge in [0.2, 0.25) is 0 Å². The molecule has 0 saturated heterocycles. The number of hydrogen-bond donors (Lipinski definition) is 0. The topological polar surface area (TPSA) is 19.7 Å². The van der Waals surface area contributed by atoms with Crippen LogP contribution in [0.4, 0.5) is 0 Å². The molecule has 0 aliphatic heterocycles. The molecule has 23 aromatic carbocycles. The Morgan fingerprint density at radius 1 is 0.115 bits per heavy atom. The molecular weight excluding hydrogens is 1470 g/mol. The molecule has 27 aromatic rings. The van der Waals surface area contributed by atoms with Crippen LogP contribution in [-0.2, 0) is 0 Å². The molecule has 0 spiro atoms. The van der Waals surface area contributed by atoms with E-state index in [0.29, 0.717) is 0 Å². The largest absolute Gasteiger partial charge is 0.309 e. The summed E-state index contributed by atoms with van der Waals surface area (Å²) in [5, 5.41) is 35.6. The summed E-state index contributed by atoms with van der Waals surface area (Å²) < 4.78 is 9.94. The number of benzene rings is 23. The van der Waals surface area contributed by atoms with Crippen molar-refractivity contribution in [3.8, 4) is 67.3 Å². The minimum atomic E-state index is 1.20. The quantitative estimate of drug-likeness (QED) is 0.148. The fraction of sp³-hybridized carbons (Fsp3) is 0. The molecule has 0 fully saturated rings. The Morgan fingerprint density at radius 3 is 0.893 bits per heavy atom. The van der Waals surface area contributed by atoms with Crippen molar-refractivity contribution in [3.05, 3.63) is 425 Å². The van der Waals surface area contributed by atoms with Crippen molar-refractivity contribution in [2.75, 3.05) is 0 Å². The number of nitrogens with zero attached hydrogens (tertiary/aromatic N) is 4. The van der Waals surface area contributed by atoms with Gasteiger partial charge < -0.3 is 18.3 Å². The Balaban J connectivity index is 0.000000129. The molecule has 0 bridgehead atoms. The normalized spacial score (nSPS) is 12.3. The summed E-state index contributed by atoms with van der Waals surface area (Å²) in [6, 6.07) is 158. The first kappa shape index (κ1) is 66.9. The van der Waals surface area contributed by atoms with E-state index in [9.17, 15) is 0 Å². The van der Waals surface area contributed by atoms with Crippen LogP contribution in [0.25, 0.3) is 262 Å². The molecule has 1 aliphatic carbocycles. The van der Waals surface area contributed by atoms with E-state index in [-0.39, 0.29) is 0 Å². The lowest BCUT2D eigenvalue weighted by Gasteiger charge is -2.17. The third kappa shape index (κ3) is 9.51. The van der Waals surface area contributed by atoms with E-state index in [1.54, 1.807) is 0 Å². The Bertz CT molecular complexity index is 9270. The molecule has 0 atom stereocenters.